The van der Waals surface area contributed by atoms with E-state index in [4.69, 9.17) is 5.11 Å². The highest BCUT2D eigenvalue weighted by Gasteiger charge is 2.09. The summed E-state index contributed by atoms with van der Waals surface area (Å²) in [5.41, 5.74) is 2.05. The van der Waals surface area contributed by atoms with E-state index >= 15 is 0 Å². The predicted molar refractivity (Wildman–Crippen MR) is 73.5 cm³/mol. The van der Waals surface area contributed by atoms with E-state index < -0.39 is 5.97 Å². The molecule has 1 unspecified atom stereocenters. The van der Waals surface area contributed by atoms with Crippen LogP contribution in [0.25, 0.3) is 0 Å². The fourth-order valence-corrected chi connectivity index (χ4v) is 2.05. The third-order valence-electron chi connectivity index (χ3n) is 3.19. The Kier molecular flexibility index (Phi) is 5.86. The molecule has 1 aromatic rings. The van der Waals surface area contributed by atoms with E-state index in [0.717, 1.165) is 18.5 Å². The third-order valence-corrected chi connectivity index (χ3v) is 3.19. The van der Waals surface area contributed by atoms with Crippen LogP contribution < -0.4 is 5.32 Å². The maximum absolute atomic E-state index is 10.6. The first-order chi connectivity index (χ1) is 8.52. The third kappa shape index (κ3) is 4.88. The van der Waals surface area contributed by atoms with Crippen molar-refractivity contribution in [1.82, 2.24) is 5.32 Å². The highest BCUT2D eigenvalue weighted by Crippen LogP contribution is 2.09. The van der Waals surface area contributed by atoms with Gasteiger partial charge in [-0.1, -0.05) is 45.0 Å². The molecule has 2 N–H and O–H groups in total. The first-order valence-electron chi connectivity index (χ1n) is 6.56. The van der Waals surface area contributed by atoms with E-state index in [2.05, 4.69) is 26.1 Å². The van der Waals surface area contributed by atoms with E-state index in [0.29, 0.717) is 12.0 Å². The lowest BCUT2D eigenvalue weighted by Crippen LogP contribution is -2.32. The molecular formula is C15H23NO2. The smallest absolute Gasteiger partial charge is 0.307 e. The number of carboxylic acids is 1. The number of nitrogens with one attached hydrogen (secondary N) is 1. The van der Waals surface area contributed by atoms with Crippen LogP contribution >= 0.6 is 0 Å². The maximum Gasteiger partial charge on any atom is 0.307 e. The van der Waals surface area contributed by atoms with Crippen LogP contribution in [0.3, 0.4) is 0 Å². The summed E-state index contributed by atoms with van der Waals surface area (Å²) in [6, 6.07) is 8.31. The summed E-state index contributed by atoms with van der Waals surface area (Å²) >= 11 is 0. The molecule has 0 heterocycles. The van der Waals surface area contributed by atoms with Crippen molar-refractivity contribution < 1.29 is 9.90 Å². The number of benzene rings is 1. The Bertz CT molecular complexity index is 371. The normalized spacial score (nSPS) is 12.7. The minimum atomic E-state index is -0.785. The van der Waals surface area contributed by atoms with Gasteiger partial charge in [-0.2, -0.15) is 0 Å². The molecule has 0 aliphatic rings. The molecule has 100 valence electrons. The topological polar surface area (TPSA) is 49.3 Å². The molecule has 0 spiro atoms. The van der Waals surface area contributed by atoms with Crippen LogP contribution in [-0.2, 0) is 17.8 Å². The molecule has 1 rings (SSSR count). The summed E-state index contributed by atoms with van der Waals surface area (Å²) in [7, 11) is 0. The van der Waals surface area contributed by atoms with Crippen LogP contribution in [-0.4, -0.2) is 17.1 Å². The monoisotopic (exact) mass is 249 g/mol. The van der Waals surface area contributed by atoms with Gasteiger partial charge in [0.1, 0.15) is 0 Å². The van der Waals surface area contributed by atoms with E-state index in [1.807, 2.05) is 24.3 Å². The molecule has 0 saturated carbocycles. The van der Waals surface area contributed by atoms with Crippen molar-refractivity contribution in [3.8, 4) is 0 Å². The molecule has 0 fully saturated rings. The molecule has 3 nitrogen and oxygen atoms in total. The highest BCUT2D eigenvalue weighted by atomic mass is 16.4. The zero-order valence-corrected chi connectivity index (χ0v) is 11.4. The Morgan fingerprint density at radius 1 is 1.22 bits per heavy atom. The molecule has 0 bridgehead atoms. The highest BCUT2D eigenvalue weighted by molar-refractivity contribution is 5.70. The summed E-state index contributed by atoms with van der Waals surface area (Å²) in [6.07, 6.45) is 1.21. The SMILES string of the molecule is CCC(NCc1ccc(CC(=O)O)cc1)C(C)C. The second kappa shape index (κ2) is 7.17. The molecule has 1 aromatic carbocycles. The molecule has 0 saturated heterocycles. The zero-order valence-electron chi connectivity index (χ0n) is 11.4. The van der Waals surface area contributed by atoms with E-state index in [1.165, 1.54) is 5.56 Å². The van der Waals surface area contributed by atoms with Gasteiger partial charge in [0.2, 0.25) is 0 Å². The molecule has 0 aliphatic heterocycles. The Morgan fingerprint density at radius 2 is 1.78 bits per heavy atom. The lowest BCUT2D eigenvalue weighted by Gasteiger charge is -2.20. The predicted octanol–water partition coefficient (Wildman–Crippen LogP) is 2.84. The average molecular weight is 249 g/mol. The molecule has 0 aliphatic carbocycles. The van der Waals surface area contributed by atoms with Crippen LogP contribution in [0, 0.1) is 5.92 Å². The standard InChI is InChI=1S/C15H23NO2/c1-4-14(11(2)3)16-10-13-7-5-12(6-8-13)9-15(17)18/h5-8,11,14,16H,4,9-10H2,1-3H3,(H,17,18). The van der Waals surface area contributed by atoms with Gasteiger partial charge in [0.15, 0.2) is 0 Å². The van der Waals surface area contributed by atoms with Crippen molar-refractivity contribution in [1.29, 1.82) is 0 Å². The van der Waals surface area contributed by atoms with Crippen molar-refractivity contribution in [3.63, 3.8) is 0 Å². The maximum atomic E-state index is 10.6. The number of hydrogen-bond donors (Lipinski definition) is 2. The van der Waals surface area contributed by atoms with E-state index in [9.17, 15) is 4.79 Å². The van der Waals surface area contributed by atoms with Gasteiger partial charge in [0, 0.05) is 12.6 Å². The van der Waals surface area contributed by atoms with Gasteiger partial charge in [0.25, 0.3) is 0 Å². The average Bonchev–Trinajstić information content (AvgIpc) is 2.31. The molecule has 18 heavy (non-hydrogen) atoms. The van der Waals surface area contributed by atoms with Crippen LogP contribution in [0.2, 0.25) is 0 Å². The van der Waals surface area contributed by atoms with Crippen LogP contribution in [0.1, 0.15) is 38.3 Å². The molecule has 0 amide bonds. The molecule has 3 heteroatoms. The van der Waals surface area contributed by atoms with Gasteiger partial charge in [-0.25, -0.2) is 0 Å². The lowest BCUT2D eigenvalue weighted by atomic mass is 10.0. The zero-order chi connectivity index (χ0) is 13.5. The Balaban J connectivity index is 2.50. The lowest BCUT2D eigenvalue weighted by molar-refractivity contribution is -0.136. The van der Waals surface area contributed by atoms with Crippen molar-refractivity contribution >= 4 is 5.97 Å². The molecule has 0 aromatic heterocycles. The molecule has 0 radical (unpaired) electrons. The van der Waals surface area contributed by atoms with E-state index in [-0.39, 0.29) is 6.42 Å². The number of carbonyl (C=O) groups is 1. The molecule has 1 atom stereocenters. The van der Waals surface area contributed by atoms with Gasteiger partial charge in [-0.3, -0.25) is 4.79 Å². The van der Waals surface area contributed by atoms with Crippen LogP contribution in [0.4, 0.5) is 0 Å². The quantitative estimate of drug-likeness (QED) is 0.781. The minimum Gasteiger partial charge on any atom is -0.481 e. The number of carboxylic acid groups (broad SMARTS) is 1. The first-order valence-corrected chi connectivity index (χ1v) is 6.56. The number of rotatable bonds is 7. The number of hydrogen-bond acceptors (Lipinski definition) is 2. The second-order valence-electron chi connectivity index (χ2n) is 5.03. The second-order valence-corrected chi connectivity index (χ2v) is 5.03. The number of aliphatic carboxylic acids is 1. The Morgan fingerprint density at radius 3 is 2.22 bits per heavy atom. The largest absolute Gasteiger partial charge is 0.481 e. The first kappa shape index (κ1) is 14.7. The van der Waals surface area contributed by atoms with Gasteiger partial charge >= 0.3 is 5.97 Å². The summed E-state index contributed by atoms with van der Waals surface area (Å²) in [6.45, 7) is 7.46. The summed E-state index contributed by atoms with van der Waals surface area (Å²) in [5, 5.41) is 12.2. The van der Waals surface area contributed by atoms with Crippen molar-refractivity contribution in [2.45, 2.75) is 46.2 Å². The van der Waals surface area contributed by atoms with Gasteiger partial charge < -0.3 is 10.4 Å². The minimum absolute atomic E-state index is 0.0945. The van der Waals surface area contributed by atoms with E-state index in [1.54, 1.807) is 0 Å². The fraction of sp³-hybridized carbons (Fsp3) is 0.533. The summed E-state index contributed by atoms with van der Waals surface area (Å²) in [4.78, 5) is 10.6. The van der Waals surface area contributed by atoms with Crippen LogP contribution in [0.5, 0.6) is 0 Å². The summed E-state index contributed by atoms with van der Waals surface area (Å²) in [5.74, 6) is -0.159. The van der Waals surface area contributed by atoms with Gasteiger partial charge in [-0.15, -0.1) is 0 Å². The molecular weight excluding hydrogens is 226 g/mol. The fourth-order valence-electron chi connectivity index (χ4n) is 2.05. The Hall–Kier alpha value is -1.35. The van der Waals surface area contributed by atoms with Crippen molar-refractivity contribution in [2.24, 2.45) is 5.92 Å². The van der Waals surface area contributed by atoms with Gasteiger partial charge in [0.05, 0.1) is 6.42 Å². The van der Waals surface area contributed by atoms with Crippen molar-refractivity contribution in [3.05, 3.63) is 35.4 Å². The van der Waals surface area contributed by atoms with Crippen molar-refractivity contribution in [2.75, 3.05) is 0 Å². The van der Waals surface area contributed by atoms with Crippen LogP contribution in [0.15, 0.2) is 24.3 Å². The summed E-state index contributed by atoms with van der Waals surface area (Å²) < 4.78 is 0. The van der Waals surface area contributed by atoms with Gasteiger partial charge in [-0.05, 0) is 23.5 Å². The Labute approximate surface area is 109 Å².